The molecule has 0 aliphatic carbocycles. The largest absolute Gasteiger partial charge is 0.356 e. The van der Waals surface area contributed by atoms with Gasteiger partial charge in [0.1, 0.15) is 5.82 Å². The third-order valence-electron chi connectivity index (χ3n) is 4.04. The van der Waals surface area contributed by atoms with Crippen LogP contribution in [0.3, 0.4) is 0 Å². The van der Waals surface area contributed by atoms with E-state index in [1.54, 1.807) is 13.1 Å². The van der Waals surface area contributed by atoms with E-state index in [2.05, 4.69) is 20.5 Å². The van der Waals surface area contributed by atoms with Gasteiger partial charge >= 0.3 is 0 Å². The fourth-order valence-electron chi connectivity index (χ4n) is 2.75. The third kappa shape index (κ3) is 5.64. The van der Waals surface area contributed by atoms with E-state index < -0.39 is 0 Å². The van der Waals surface area contributed by atoms with E-state index in [1.165, 1.54) is 38.4 Å². The van der Waals surface area contributed by atoms with Crippen LogP contribution in [-0.2, 0) is 6.42 Å². The summed E-state index contributed by atoms with van der Waals surface area (Å²) in [6.07, 6.45) is 4.65. The summed E-state index contributed by atoms with van der Waals surface area (Å²) < 4.78 is 13.5. The number of halogens is 1. The van der Waals surface area contributed by atoms with E-state index in [-0.39, 0.29) is 5.82 Å². The Labute approximate surface area is 132 Å². The molecule has 1 saturated heterocycles. The molecule has 0 unspecified atom stereocenters. The Kier molecular flexibility index (Phi) is 7.16. The number of hydrogen-bond donors (Lipinski definition) is 2. The molecule has 5 heteroatoms. The van der Waals surface area contributed by atoms with Gasteiger partial charge in [-0.3, -0.25) is 4.99 Å². The molecule has 0 atom stereocenters. The van der Waals surface area contributed by atoms with Crippen LogP contribution in [0.2, 0.25) is 0 Å². The lowest BCUT2D eigenvalue weighted by atomic mass is 10.1. The number of hydrogen-bond acceptors (Lipinski definition) is 2. The van der Waals surface area contributed by atoms with Crippen molar-refractivity contribution >= 4 is 5.96 Å². The molecular formula is C17H27FN4. The highest BCUT2D eigenvalue weighted by Crippen LogP contribution is 2.07. The molecule has 2 N–H and O–H groups in total. The number of guanidine groups is 1. The molecule has 0 saturated carbocycles. The molecule has 0 aromatic heterocycles. The highest BCUT2D eigenvalue weighted by molar-refractivity contribution is 5.79. The van der Waals surface area contributed by atoms with Crippen LogP contribution in [0.5, 0.6) is 0 Å². The molecule has 1 heterocycles. The molecule has 0 spiro atoms. The predicted molar refractivity (Wildman–Crippen MR) is 89.8 cm³/mol. The van der Waals surface area contributed by atoms with Crippen molar-refractivity contribution in [3.05, 3.63) is 35.6 Å². The monoisotopic (exact) mass is 306 g/mol. The molecule has 0 radical (unpaired) electrons. The first-order chi connectivity index (χ1) is 10.8. The molecule has 1 aromatic carbocycles. The number of benzene rings is 1. The van der Waals surface area contributed by atoms with Gasteiger partial charge in [-0.15, -0.1) is 0 Å². The SMILES string of the molecule is CN=C(NCCc1ccccc1F)NCCN1CCCCC1. The van der Waals surface area contributed by atoms with Gasteiger partial charge in [-0.25, -0.2) is 4.39 Å². The molecule has 0 bridgehead atoms. The average Bonchev–Trinajstić information content (AvgIpc) is 2.56. The van der Waals surface area contributed by atoms with Crippen LogP contribution in [0.4, 0.5) is 4.39 Å². The molecule has 1 fully saturated rings. The van der Waals surface area contributed by atoms with Gasteiger partial charge in [-0.05, 0) is 44.0 Å². The topological polar surface area (TPSA) is 39.7 Å². The fraction of sp³-hybridized carbons (Fsp3) is 0.588. The molecule has 22 heavy (non-hydrogen) atoms. The minimum Gasteiger partial charge on any atom is -0.356 e. The summed E-state index contributed by atoms with van der Waals surface area (Å²) in [4.78, 5) is 6.70. The lowest BCUT2D eigenvalue weighted by molar-refractivity contribution is 0.232. The Morgan fingerprint density at radius 2 is 1.86 bits per heavy atom. The van der Waals surface area contributed by atoms with E-state index >= 15 is 0 Å². The molecule has 1 aliphatic heterocycles. The Bertz CT molecular complexity index is 469. The van der Waals surface area contributed by atoms with Crippen LogP contribution in [0.15, 0.2) is 29.3 Å². The highest BCUT2D eigenvalue weighted by atomic mass is 19.1. The molecule has 122 valence electrons. The van der Waals surface area contributed by atoms with Crippen molar-refractivity contribution in [3.8, 4) is 0 Å². The van der Waals surface area contributed by atoms with Crippen molar-refractivity contribution in [3.63, 3.8) is 0 Å². The van der Waals surface area contributed by atoms with Crippen molar-refractivity contribution in [1.82, 2.24) is 15.5 Å². The van der Waals surface area contributed by atoms with Crippen molar-refractivity contribution in [2.24, 2.45) is 4.99 Å². The number of nitrogens with one attached hydrogen (secondary N) is 2. The van der Waals surface area contributed by atoms with Crippen LogP contribution >= 0.6 is 0 Å². The van der Waals surface area contributed by atoms with Gasteiger partial charge in [0.15, 0.2) is 5.96 Å². The minimum absolute atomic E-state index is 0.141. The van der Waals surface area contributed by atoms with Gasteiger partial charge in [-0.1, -0.05) is 24.6 Å². The Morgan fingerprint density at radius 1 is 1.14 bits per heavy atom. The maximum Gasteiger partial charge on any atom is 0.191 e. The number of piperidine rings is 1. The second-order valence-electron chi connectivity index (χ2n) is 5.67. The summed E-state index contributed by atoms with van der Waals surface area (Å²) in [6.45, 7) is 5.03. The lowest BCUT2D eigenvalue weighted by Crippen LogP contribution is -2.43. The highest BCUT2D eigenvalue weighted by Gasteiger charge is 2.09. The van der Waals surface area contributed by atoms with Crippen molar-refractivity contribution in [1.29, 1.82) is 0 Å². The van der Waals surface area contributed by atoms with Gasteiger partial charge in [0, 0.05) is 26.7 Å². The van der Waals surface area contributed by atoms with Crippen molar-refractivity contribution < 1.29 is 4.39 Å². The van der Waals surface area contributed by atoms with Crippen molar-refractivity contribution in [2.75, 3.05) is 39.8 Å². The number of likely N-dealkylation sites (tertiary alicyclic amines) is 1. The first-order valence-corrected chi connectivity index (χ1v) is 8.20. The fourth-order valence-corrected chi connectivity index (χ4v) is 2.75. The molecule has 0 amide bonds. The van der Waals surface area contributed by atoms with E-state index in [4.69, 9.17) is 0 Å². The van der Waals surface area contributed by atoms with E-state index in [0.29, 0.717) is 13.0 Å². The van der Waals surface area contributed by atoms with Crippen molar-refractivity contribution in [2.45, 2.75) is 25.7 Å². The van der Waals surface area contributed by atoms with Gasteiger partial charge in [0.25, 0.3) is 0 Å². The zero-order chi connectivity index (χ0) is 15.6. The maximum absolute atomic E-state index is 13.5. The summed E-state index contributed by atoms with van der Waals surface area (Å²) in [5.74, 6) is 0.644. The molecule has 4 nitrogen and oxygen atoms in total. The quantitative estimate of drug-likeness (QED) is 0.624. The first kappa shape index (κ1) is 16.7. The Morgan fingerprint density at radius 3 is 2.59 bits per heavy atom. The maximum atomic E-state index is 13.5. The normalized spacial score (nSPS) is 16.5. The minimum atomic E-state index is -0.141. The number of aliphatic imine (C=N–C) groups is 1. The first-order valence-electron chi connectivity index (χ1n) is 8.20. The van der Waals surface area contributed by atoms with Gasteiger partial charge in [0.2, 0.25) is 0 Å². The second kappa shape index (κ2) is 9.41. The Balaban J connectivity index is 1.63. The predicted octanol–water partition coefficient (Wildman–Crippen LogP) is 2.02. The van der Waals surface area contributed by atoms with Gasteiger partial charge < -0.3 is 15.5 Å². The summed E-state index contributed by atoms with van der Waals surface area (Å²) in [7, 11) is 1.76. The standard InChI is InChI=1S/C17H27FN4/c1-19-17(21-11-14-22-12-5-2-6-13-22)20-10-9-15-7-3-4-8-16(15)18/h3-4,7-8H,2,5-6,9-14H2,1H3,(H2,19,20,21). The summed E-state index contributed by atoms with van der Waals surface area (Å²) in [6, 6.07) is 6.90. The summed E-state index contributed by atoms with van der Waals surface area (Å²) in [5.41, 5.74) is 0.735. The molecule has 2 rings (SSSR count). The van der Waals surface area contributed by atoms with E-state index in [1.807, 2.05) is 12.1 Å². The smallest absolute Gasteiger partial charge is 0.191 e. The van der Waals surface area contributed by atoms with Crippen LogP contribution in [-0.4, -0.2) is 50.6 Å². The zero-order valence-corrected chi connectivity index (χ0v) is 13.4. The summed E-state index contributed by atoms with van der Waals surface area (Å²) in [5, 5.41) is 6.56. The van der Waals surface area contributed by atoms with Gasteiger partial charge in [0.05, 0.1) is 0 Å². The second-order valence-corrected chi connectivity index (χ2v) is 5.67. The lowest BCUT2D eigenvalue weighted by Gasteiger charge is -2.26. The zero-order valence-electron chi connectivity index (χ0n) is 13.4. The van der Waals surface area contributed by atoms with E-state index in [0.717, 1.165) is 24.6 Å². The van der Waals surface area contributed by atoms with Crippen LogP contribution in [0, 0.1) is 5.82 Å². The van der Waals surface area contributed by atoms with Crippen LogP contribution in [0.1, 0.15) is 24.8 Å². The molecule has 1 aromatic rings. The third-order valence-corrected chi connectivity index (χ3v) is 4.04. The van der Waals surface area contributed by atoms with Crippen LogP contribution < -0.4 is 10.6 Å². The molecule has 1 aliphatic rings. The van der Waals surface area contributed by atoms with Gasteiger partial charge in [-0.2, -0.15) is 0 Å². The summed E-state index contributed by atoms with van der Waals surface area (Å²) >= 11 is 0. The molecular weight excluding hydrogens is 279 g/mol. The number of nitrogens with zero attached hydrogens (tertiary/aromatic N) is 2. The van der Waals surface area contributed by atoms with E-state index in [9.17, 15) is 4.39 Å². The number of rotatable bonds is 6. The Hall–Kier alpha value is -1.62. The van der Waals surface area contributed by atoms with Crippen LogP contribution in [0.25, 0.3) is 0 Å². The average molecular weight is 306 g/mol.